The number of nitrogens with one attached hydrogen (secondary N) is 3. The number of carbonyl (C=O) groups is 1. The molecule has 0 bridgehead atoms. The summed E-state index contributed by atoms with van der Waals surface area (Å²) in [6.07, 6.45) is 1.77. The van der Waals surface area contributed by atoms with Gasteiger partial charge in [0.25, 0.3) is 10.0 Å². The molecule has 1 amide bonds. The standard InChI is InChI=1S/C21H27N3O4S2/c1-4-8-17(16-9-6-5-7-10-16)23-20(25)14-15-11-12-18(28-3)19(13-15)30(26,27)24-21(29)22-2/h5-7,9-13,17H,4,8,14H2,1-3H3,(H,23,25)(H2,22,24,29). The number of benzene rings is 2. The molecular weight excluding hydrogens is 422 g/mol. The molecule has 0 saturated heterocycles. The lowest BCUT2D eigenvalue weighted by atomic mass is 10.0. The summed E-state index contributed by atoms with van der Waals surface area (Å²) in [6.45, 7) is 2.06. The third-order valence-corrected chi connectivity index (χ3v) is 6.26. The molecule has 0 spiro atoms. The van der Waals surface area contributed by atoms with Crippen LogP contribution in [0.15, 0.2) is 53.4 Å². The Balaban J connectivity index is 2.21. The third kappa shape index (κ3) is 6.43. The van der Waals surface area contributed by atoms with Crippen LogP contribution in [0.4, 0.5) is 0 Å². The minimum Gasteiger partial charge on any atom is -0.495 e. The maximum Gasteiger partial charge on any atom is 0.267 e. The molecule has 0 fully saturated rings. The van der Waals surface area contributed by atoms with E-state index in [1.54, 1.807) is 6.07 Å². The fourth-order valence-electron chi connectivity index (χ4n) is 3.00. The van der Waals surface area contributed by atoms with Gasteiger partial charge in [-0.3, -0.25) is 9.52 Å². The van der Waals surface area contributed by atoms with E-state index in [9.17, 15) is 13.2 Å². The first-order chi connectivity index (χ1) is 14.3. The molecule has 30 heavy (non-hydrogen) atoms. The number of thiocarbonyl (C=S) groups is 1. The second kappa shape index (κ2) is 10.9. The fraction of sp³-hybridized carbons (Fsp3) is 0.333. The second-order valence-corrected chi connectivity index (χ2v) is 8.73. The van der Waals surface area contributed by atoms with E-state index in [4.69, 9.17) is 17.0 Å². The second-order valence-electron chi connectivity index (χ2n) is 6.67. The Bertz CT molecular complexity index is 979. The largest absolute Gasteiger partial charge is 0.495 e. The molecule has 7 nitrogen and oxygen atoms in total. The molecule has 0 aliphatic heterocycles. The number of hydrogen-bond donors (Lipinski definition) is 3. The van der Waals surface area contributed by atoms with Crippen molar-refractivity contribution in [3.8, 4) is 5.75 Å². The summed E-state index contributed by atoms with van der Waals surface area (Å²) >= 11 is 4.90. The van der Waals surface area contributed by atoms with E-state index in [-0.39, 0.29) is 34.1 Å². The molecule has 2 aromatic carbocycles. The van der Waals surface area contributed by atoms with Gasteiger partial charge in [-0.25, -0.2) is 8.42 Å². The van der Waals surface area contributed by atoms with Crippen LogP contribution < -0.4 is 20.1 Å². The molecule has 9 heteroatoms. The van der Waals surface area contributed by atoms with E-state index in [1.165, 1.54) is 26.3 Å². The van der Waals surface area contributed by atoms with Crippen LogP contribution in [0.2, 0.25) is 0 Å². The number of methoxy groups -OCH3 is 1. The van der Waals surface area contributed by atoms with Gasteiger partial charge >= 0.3 is 0 Å². The Morgan fingerprint density at radius 1 is 1.17 bits per heavy atom. The monoisotopic (exact) mass is 449 g/mol. The highest BCUT2D eigenvalue weighted by Crippen LogP contribution is 2.25. The van der Waals surface area contributed by atoms with Gasteiger partial charge in [0.2, 0.25) is 5.91 Å². The summed E-state index contributed by atoms with van der Waals surface area (Å²) in [5.41, 5.74) is 1.59. The van der Waals surface area contributed by atoms with Gasteiger partial charge in [0.05, 0.1) is 19.6 Å². The van der Waals surface area contributed by atoms with E-state index in [0.717, 1.165) is 18.4 Å². The summed E-state index contributed by atoms with van der Waals surface area (Å²) in [4.78, 5) is 12.6. The number of amides is 1. The van der Waals surface area contributed by atoms with E-state index in [0.29, 0.717) is 5.56 Å². The van der Waals surface area contributed by atoms with Gasteiger partial charge in [0.1, 0.15) is 10.6 Å². The van der Waals surface area contributed by atoms with Crippen LogP contribution in [-0.4, -0.2) is 33.6 Å². The summed E-state index contributed by atoms with van der Waals surface area (Å²) in [5, 5.41) is 5.57. The van der Waals surface area contributed by atoms with Crippen molar-refractivity contribution in [2.75, 3.05) is 14.2 Å². The molecule has 0 heterocycles. The maximum atomic E-state index is 12.7. The van der Waals surface area contributed by atoms with Crippen LogP contribution in [-0.2, 0) is 21.2 Å². The van der Waals surface area contributed by atoms with Crippen LogP contribution in [0.5, 0.6) is 5.75 Å². The molecule has 2 aromatic rings. The van der Waals surface area contributed by atoms with E-state index >= 15 is 0 Å². The summed E-state index contributed by atoms with van der Waals surface area (Å²) in [7, 11) is -1.06. The van der Waals surface area contributed by atoms with Crippen molar-refractivity contribution >= 4 is 33.3 Å². The molecule has 3 N–H and O–H groups in total. The van der Waals surface area contributed by atoms with Crippen molar-refractivity contribution in [3.63, 3.8) is 0 Å². The summed E-state index contributed by atoms with van der Waals surface area (Å²) < 4.78 is 32.7. The SMILES string of the molecule is CCCC(NC(=O)Cc1ccc(OC)c(S(=O)(=O)NC(=S)NC)c1)c1ccccc1. The number of ether oxygens (including phenoxy) is 1. The van der Waals surface area contributed by atoms with Gasteiger partial charge in [0, 0.05) is 7.05 Å². The van der Waals surface area contributed by atoms with Gasteiger partial charge < -0.3 is 15.4 Å². The van der Waals surface area contributed by atoms with Crippen molar-refractivity contribution in [3.05, 3.63) is 59.7 Å². The number of hydrogen-bond acceptors (Lipinski definition) is 5. The van der Waals surface area contributed by atoms with Gasteiger partial charge in [-0.1, -0.05) is 49.7 Å². The predicted octanol–water partition coefficient (Wildman–Crippen LogP) is 2.68. The van der Waals surface area contributed by atoms with E-state index in [2.05, 4.69) is 22.3 Å². The number of carbonyl (C=O) groups excluding carboxylic acids is 1. The lowest BCUT2D eigenvalue weighted by molar-refractivity contribution is -0.121. The highest BCUT2D eigenvalue weighted by Gasteiger charge is 2.22. The van der Waals surface area contributed by atoms with Crippen molar-refractivity contribution in [1.82, 2.24) is 15.4 Å². The predicted molar refractivity (Wildman–Crippen MR) is 121 cm³/mol. The first-order valence-corrected chi connectivity index (χ1v) is 11.5. The molecule has 1 unspecified atom stereocenters. The quantitative estimate of drug-likeness (QED) is 0.510. The Labute approximate surface area is 183 Å². The Hall–Kier alpha value is -2.65. The van der Waals surface area contributed by atoms with Gasteiger partial charge in [-0.05, 0) is 41.9 Å². The minimum absolute atomic E-state index is 0.0366. The Morgan fingerprint density at radius 3 is 2.47 bits per heavy atom. The number of sulfonamides is 1. The third-order valence-electron chi connectivity index (χ3n) is 4.45. The van der Waals surface area contributed by atoms with E-state index < -0.39 is 10.0 Å². The topological polar surface area (TPSA) is 96.5 Å². The number of rotatable bonds is 9. The first-order valence-electron chi connectivity index (χ1n) is 9.56. The van der Waals surface area contributed by atoms with Crippen molar-refractivity contribution in [2.24, 2.45) is 0 Å². The van der Waals surface area contributed by atoms with Crippen LogP contribution in [0.3, 0.4) is 0 Å². The molecule has 0 aliphatic carbocycles. The molecule has 2 rings (SSSR count). The van der Waals surface area contributed by atoms with Crippen molar-refractivity contribution < 1.29 is 17.9 Å². The van der Waals surface area contributed by atoms with Crippen LogP contribution in [0.1, 0.15) is 36.9 Å². The lowest BCUT2D eigenvalue weighted by Crippen LogP contribution is -2.37. The molecule has 0 saturated carbocycles. The fourth-order valence-corrected chi connectivity index (χ4v) is 4.50. The van der Waals surface area contributed by atoms with Crippen LogP contribution in [0, 0.1) is 0 Å². The van der Waals surface area contributed by atoms with E-state index in [1.807, 2.05) is 30.3 Å². The van der Waals surface area contributed by atoms with Gasteiger partial charge in [-0.15, -0.1) is 0 Å². The summed E-state index contributed by atoms with van der Waals surface area (Å²) in [6, 6.07) is 14.3. The van der Waals surface area contributed by atoms with Crippen molar-refractivity contribution in [1.29, 1.82) is 0 Å². The molecule has 0 radical (unpaired) electrons. The van der Waals surface area contributed by atoms with Crippen LogP contribution >= 0.6 is 12.2 Å². The average Bonchev–Trinajstić information content (AvgIpc) is 2.73. The highest BCUT2D eigenvalue weighted by atomic mass is 32.2. The van der Waals surface area contributed by atoms with Crippen molar-refractivity contribution in [2.45, 2.75) is 37.1 Å². The summed E-state index contributed by atoms with van der Waals surface area (Å²) in [5.74, 6) is -0.0248. The molecule has 1 atom stereocenters. The van der Waals surface area contributed by atoms with Gasteiger partial charge in [0.15, 0.2) is 5.11 Å². The Morgan fingerprint density at radius 2 is 1.87 bits per heavy atom. The van der Waals surface area contributed by atoms with Gasteiger partial charge in [-0.2, -0.15) is 0 Å². The zero-order valence-electron chi connectivity index (χ0n) is 17.3. The molecular formula is C21H27N3O4S2. The smallest absolute Gasteiger partial charge is 0.267 e. The molecule has 0 aliphatic rings. The first kappa shape index (κ1) is 23.6. The lowest BCUT2D eigenvalue weighted by Gasteiger charge is -2.19. The average molecular weight is 450 g/mol. The zero-order valence-corrected chi connectivity index (χ0v) is 18.9. The normalized spacial score (nSPS) is 12.0. The highest BCUT2D eigenvalue weighted by molar-refractivity contribution is 7.92. The minimum atomic E-state index is -3.96. The molecule has 0 aromatic heterocycles. The maximum absolute atomic E-state index is 12.7. The molecule has 162 valence electrons. The zero-order chi connectivity index (χ0) is 22.1. The Kier molecular flexibility index (Phi) is 8.61. The van der Waals surface area contributed by atoms with Crippen LogP contribution in [0.25, 0.3) is 0 Å².